The number of alkyl halides is 3. The number of rotatable bonds is 6. The van der Waals surface area contributed by atoms with E-state index in [1.165, 1.54) is 20.4 Å². The van der Waals surface area contributed by atoms with Gasteiger partial charge < -0.3 is 9.47 Å². The van der Waals surface area contributed by atoms with Crippen molar-refractivity contribution in [2.75, 3.05) is 19.6 Å². The average molecular weight is 448 g/mol. The maximum absolute atomic E-state index is 12.7. The number of halogens is 4. The van der Waals surface area contributed by atoms with E-state index in [0.29, 0.717) is 27.6 Å². The highest BCUT2D eigenvalue weighted by molar-refractivity contribution is 9.10. The number of nitrogens with one attached hydrogen (secondary N) is 1. The van der Waals surface area contributed by atoms with Gasteiger partial charge in [0.1, 0.15) is 17.2 Å². The standard InChI is InChI=1S/C16H13BrF3N3O4/c1-26-14-7-15(27-2)11(17)5-9(14)8-21-22-12-4-3-10(16(18,19)20)6-13(12)23(24)25/h3-8,22H,1-2H3. The van der Waals surface area contributed by atoms with E-state index < -0.39 is 22.4 Å². The second-order valence-electron chi connectivity index (χ2n) is 5.09. The molecule has 2 aromatic rings. The Labute approximate surface area is 160 Å². The minimum Gasteiger partial charge on any atom is -0.496 e. The van der Waals surface area contributed by atoms with Crippen molar-refractivity contribution in [1.82, 2.24) is 0 Å². The monoisotopic (exact) mass is 447 g/mol. The number of nitro benzene ring substituents is 1. The van der Waals surface area contributed by atoms with Crippen LogP contribution in [0.2, 0.25) is 0 Å². The van der Waals surface area contributed by atoms with E-state index >= 15 is 0 Å². The second-order valence-corrected chi connectivity index (χ2v) is 5.94. The second kappa shape index (κ2) is 8.25. The molecule has 0 saturated carbocycles. The minimum atomic E-state index is -4.69. The quantitative estimate of drug-likeness (QED) is 0.389. The molecule has 0 aromatic heterocycles. The van der Waals surface area contributed by atoms with Gasteiger partial charge in [0.25, 0.3) is 5.69 Å². The lowest BCUT2D eigenvalue weighted by Gasteiger charge is -2.10. The zero-order valence-corrected chi connectivity index (χ0v) is 15.6. The predicted octanol–water partition coefficient (Wildman–Crippen LogP) is 4.84. The molecule has 2 rings (SSSR count). The van der Waals surface area contributed by atoms with Gasteiger partial charge in [0.05, 0.1) is 35.4 Å². The molecular formula is C16H13BrF3N3O4. The van der Waals surface area contributed by atoms with Crippen LogP contribution in [0, 0.1) is 10.1 Å². The first kappa shape index (κ1) is 20.5. The van der Waals surface area contributed by atoms with Gasteiger partial charge in [-0.2, -0.15) is 18.3 Å². The summed E-state index contributed by atoms with van der Waals surface area (Å²) in [5, 5.41) is 14.9. The van der Waals surface area contributed by atoms with E-state index in [0.717, 1.165) is 12.1 Å². The number of hydrogen-bond donors (Lipinski definition) is 1. The summed E-state index contributed by atoms with van der Waals surface area (Å²) in [5.74, 6) is 0.942. The van der Waals surface area contributed by atoms with E-state index in [1.54, 1.807) is 12.1 Å². The summed E-state index contributed by atoms with van der Waals surface area (Å²) in [7, 11) is 2.92. The number of nitrogens with zero attached hydrogens (tertiary/aromatic N) is 2. The molecule has 0 aliphatic rings. The van der Waals surface area contributed by atoms with E-state index in [4.69, 9.17) is 9.47 Å². The molecule has 0 aliphatic carbocycles. The zero-order valence-electron chi connectivity index (χ0n) is 14.0. The fourth-order valence-electron chi connectivity index (χ4n) is 2.11. The third-order valence-electron chi connectivity index (χ3n) is 3.41. The van der Waals surface area contributed by atoms with Crippen LogP contribution in [-0.4, -0.2) is 25.4 Å². The van der Waals surface area contributed by atoms with Crippen molar-refractivity contribution in [2.24, 2.45) is 5.10 Å². The van der Waals surface area contributed by atoms with Crippen LogP contribution < -0.4 is 14.9 Å². The number of benzene rings is 2. The van der Waals surface area contributed by atoms with Crippen LogP contribution in [0.25, 0.3) is 0 Å². The summed E-state index contributed by atoms with van der Waals surface area (Å²) >= 11 is 3.31. The molecule has 11 heteroatoms. The third-order valence-corrected chi connectivity index (χ3v) is 4.03. The highest BCUT2D eigenvalue weighted by atomic mass is 79.9. The van der Waals surface area contributed by atoms with Crippen LogP contribution >= 0.6 is 15.9 Å². The van der Waals surface area contributed by atoms with Gasteiger partial charge in [0.15, 0.2) is 0 Å². The molecule has 144 valence electrons. The lowest BCUT2D eigenvalue weighted by Crippen LogP contribution is -2.06. The molecule has 7 nitrogen and oxygen atoms in total. The van der Waals surface area contributed by atoms with E-state index in [-0.39, 0.29) is 5.69 Å². The number of nitro groups is 1. The summed E-state index contributed by atoms with van der Waals surface area (Å²) in [6, 6.07) is 5.37. The van der Waals surface area contributed by atoms with Gasteiger partial charge in [-0.15, -0.1) is 0 Å². The maximum atomic E-state index is 12.7. The summed E-state index contributed by atoms with van der Waals surface area (Å²) in [5.41, 5.74) is 0.835. The van der Waals surface area contributed by atoms with Crippen LogP contribution in [0.4, 0.5) is 24.5 Å². The lowest BCUT2D eigenvalue weighted by molar-refractivity contribution is -0.384. The third kappa shape index (κ3) is 4.88. The Morgan fingerprint density at radius 3 is 2.41 bits per heavy atom. The first-order valence-electron chi connectivity index (χ1n) is 7.23. The van der Waals surface area contributed by atoms with Gasteiger partial charge >= 0.3 is 6.18 Å². The largest absolute Gasteiger partial charge is 0.496 e. The SMILES string of the molecule is COc1cc(OC)c(C=NNc2ccc(C(F)(F)F)cc2[N+](=O)[O-])cc1Br. The van der Waals surface area contributed by atoms with Crippen LogP contribution in [0.15, 0.2) is 39.9 Å². The Kier molecular flexibility index (Phi) is 6.26. The van der Waals surface area contributed by atoms with Crippen molar-refractivity contribution >= 4 is 33.5 Å². The van der Waals surface area contributed by atoms with E-state index in [2.05, 4.69) is 26.5 Å². The van der Waals surface area contributed by atoms with E-state index in [1.807, 2.05) is 0 Å². The van der Waals surface area contributed by atoms with Crippen LogP contribution in [0.5, 0.6) is 11.5 Å². The van der Waals surface area contributed by atoms with Gasteiger partial charge in [-0.05, 0) is 34.1 Å². The molecular weight excluding hydrogens is 435 g/mol. The molecule has 0 atom stereocenters. The van der Waals surface area contributed by atoms with Gasteiger partial charge in [0, 0.05) is 17.7 Å². The normalized spacial score (nSPS) is 11.5. The highest BCUT2D eigenvalue weighted by Gasteiger charge is 2.33. The summed E-state index contributed by atoms with van der Waals surface area (Å²) in [4.78, 5) is 10.1. The molecule has 0 fully saturated rings. The van der Waals surface area contributed by atoms with Crippen molar-refractivity contribution in [3.8, 4) is 11.5 Å². The van der Waals surface area contributed by atoms with Crippen molar-refractivity contribution in [2.45, 2.75) is 6.18 Å². The predicted molar refractivity (Wildman–Crippen MR) is 96.6 cm³/mol. The molecule has 27 heavy (non-hydrogen) atoms. The Balaban J connectivity index is 2.31. The van der Waals surface area contributed by atoms with Gasteiger partial charge in [-0.25, -0.2) is 0 Å². The number of methoxy groups -OCH3 is 2. The van der Waals surface area contributed by atoms with Crippen LogP contribution in [0.3, 0.4) is 0 Å². The van der Waals surface area contributed by atoms with Gasteiger partial charge in [0.2, 0.25) is 0 Å². The van der Waals surface area contributed by atoms with Crippen molar-refractivity contribution < 1.29 is 27.6 Å². The molecule has 2 aromatic carbocycles. The Hall–Kier alpha value is -2.82. The van der Waals surface area contributed by atoms with Crippen molar-refractivity contribution in [1.29, 1.82) is 0 Å². The van der Waals surface area contributed by atoms with Crippen molar-refractivity contribution in [3.63, 3.8) is 0 Å². The molecule has 1 N–H and O–H groups in total. The first-order valence-corrected chi connectivity index (χ1v) is 8.03. The number of hydrogen-bond acceptors (Lipinski definition) is 6. The molecule has 0 radical (unpaired) electrons. The Morgan fingerprint density at radius 2 is 1.85 bits per heavy atom. The molecule has 0 unspecified atom stereocenters. The molecule has 0 saturated heterocycles. The molecule has 0 bridgehead atoms. The van der Waals surface area contributed by atoms with Crippen molar-refractivity contribution in [3.05, 3.63) is 56.0 Å². The summed E-state index contributed by atoms with van der Waals surface area (Å²) < 4.78 is 49.1. The zero-order chi connectivity index (χ0) is 20.2. The van der Waals surface area contributed by atoms with Crippen LogP contribution in [0.1, 0.15) is 11.1 Å². The Morgan fingerprint density at radius 1 is 1.19 bits per heavy atom. The molecule has 0 amide bonds. The number of anilines is 1. The maximum Gasteiger partial charge on any atom is 0.416 e. The van der Waals surface area contributed by atoms with E-state index in [9.17, 15) is 23.3 Å². The highest BCUT2D eigenvalue weighted by Crippen LogP contribution is 2.35. The van der Waals surface area contributed by atoms with Gasteiger partial charge in [-0.1, -0.05) is 0 Å². The Bertz CT molecular complexity index is 888. The fourth-order valence-corrected chi connectivity index (χ4v) is 2.63. The fraction of sp³-hybridized carbons (Fsp3) is 0.188. The van der Waals surface area contributed by atoms with Gasteiger partial charge in [-0.3, -0.25) is 15.5 Å². The molecule has 0 heterocycles. The van der Waals surface area contributed by atoms with Crippen LogP contribution in [-0.2, 0) is 6.18 Å². The smallest absolute Gasteiger partial charge is 0.416 e. The summed E-state index contributed by atoms with van der Waals surface area (Å²) in [6.45, 7) is 0. The number of ether oxygens (including phenoxy) is 2. The average Bonchev–Trinajstić information content (AvgIpc) is 2.61. The number of hydrazone groups is 1. The lowest BCUT2D eigenvalue weighted by atomic mass is 10.1. The minimum absolute atomic E-state index is 0.184. The first-order chi connectivity index (χ1) is 12.7. The topological polar surface area (TPSA) is 86.0 Å². The molecule has 0 spiro atoms. The molecule has 0 aliphatic heterocycles. The summed E-state index contributed by atoms with van der Waals surface area (Å²) in [6.07, 6.45) is -3.38.